The molecule has 0 radical (unpaired) electrons. The third kappa shape index (κ3) is 6.46. The van der Waals surface area contributed by atoms with Crippen LogP contribution in [0.1, 0.15) is 17.4 Å². The van der Waals surface area contributed by atoms with Gasteiger partial charge in [-0.15, -0.1) is 0 Å². The van der Waals surface area contributed by atoms with Crippen LogP contribution in [0, 0.1) is 13.8 Å². The second-order valence-electron chi connectivity index (χ2n) is 12.5. The number of benzene rings is 1. The van der Waals surface area contributed by atoms with E-state index in [-0.39, 0.29) is 28.1 Å². The van der Waals surface area contributed by atoms with Crippen molar-refractivity contribution < 1.29 is 66.7 Å². The van der Waals surface area contributed by atoms with E-state index in [1.54, 1.807) is 26.0 Å². The Morgan fingerprint density at radius 1 is 1.04 bits per heavy atom. The maximum absolute atomic E-state index is 12.6. The van der Waals surface area contributed by atoms with Crippen LogP contribution >= 0.6 is 15.6 Å². The molecular weight excluding hydrogens is 752 g/mol. The topological polar surface area (TPSA) is 358 Å². The first-order valence-electron chi connectivity index (χ1n) is 15.6. The summed E-state index contributed by atoms with van der Waals surface area (Å²) in [6, 6.07) is 3.34. The summed E-state index contributed by atoms with van der Waals surface area (Å²) in [6.45, 7) is 1.02. The van der Waals surface area contributed by atoms with Crippen LogP contribution in [0.25, 0.3) is 33.4 Å². The zero-order valence-corrected chi connectivity index (χ0v) is 29.2. The molecule has 0 spiro atoms. The largest absolute Gasteiger partial charge is 0.481 e. The van der Waals surface area contributed by atoms with E-state index in [2.05, 4.69) is 43.1 Å². The number of aryl methyl sites for hydroxylation is 2. The molecule has 2 aliphatic heterocycles. The SMILES string of the molecule is Cc1cc2nc3c(=O)[nH]c(=O)[nH]c3[n+](C[C@H](O)[C@H](O)[C@H](O)COP(=O)(O)OP(=O)(O)OC[C@@H]3[C@@H](O)[C@@]4(O)[C@H](n5cnc6c(N)ncnc65)[O+]34)c2cc1C. The maximum Gasteiger partial charge on any atom is 0.481 e. The third-order valence-electron chi connectivity index (χ3n) is 9.11. The zero-order valence-electron chi connectivity index (χ0n) is 27.4. The lowest BCUT2D eigenvalue weighted by Crippen LogP contribution is -2.55. The van der Waals surface area contributed by atoms with Crippen molar-refractivity contribution in [3.63, 3.8) is 0 Å². The van der Waals surface area contributed by atoms with Crippen molar-refractivity contribution >= 4 is 54.8 Å². The fourth-order valence-corrected chi connectivity index (χ4v) is 8.38. The fraction of sp³-hybridized carbons (Fsp3) is 0.444. The Morgan fingerprint density at radius 2 is 1.74 bits per heavy atom. The Hall–Kier alpha value is -4.13. The molecular formula is C27H33N9O15P2+2. The molecule has 53 heavy (non-hydrogen) atoms. The summed E-state index contributed by atoms with van der Waals surface area (Å²) >= 11 is 0. The Bertz CT molecular complexity index is 2500. The van der Waals surface area contributed by atoms with E-state index < -0.39 is 89.2 Å². The van der Waals surface area contributed by atoms with Crippen LogP contribution in [-0.2, 0) is 33.4 Å². The van der Waals surface area contributed by atoms with Crippen LogP contribution in [0.5, 0.6) is 0 Å². The second-order valence-corrected chi connectivity index (χ2v) is 15.6. The van der Waals surface area contributed by atoms with E-state index in [1.165, 1.54) is 15.5 Å². The first-order chi connectivity index (χ1) is 24.8. The number of imidazole rings is 1. The number of epoxide rings is 1. The predicted octanol–water partition coefficient (Wildman–Crippen LogP) is -3.08. The van der Waals surface area contributed by atoms with Crippen molar-refractivity contribution in [3.05, 3.63) is 56.8 Å². The molecule has 4 aromatic heterocycles. The molecule has 2 fully saturated rings. The summed E-state index contributed by atoms with van der Waals surface area (Å²) in [4.78, 5) is 65.6. The average molecular weight is 786 g/mol. The van der Waals surface area contributed by atoms with Crippen LogP contribution in [0.15, 0.2) is 34.4 Å². The minimum Gasteiger partial charge on any atom is -0.388 e. The van der Waals surface area contributed by atoms with Crippen molar-refractivity contribution in [3.8, 4) is 0 Å². The van der Waals surface area contributed by atoms with Gasteiger partial charge >= 0.3 is 39.0 Å². The number of nitrogens with one attached hydrogen (secondary N) is 2. The number of hydrogen-bond acceptors (Lipinski definition) is 17. The van der Waals surface area contributed by atoms with Gasteiger partial charge in [-0.3, -0.25) is 18.8 Å². The molecule has 2 aliphatic rings. The molecule has 2 saturated heterocycles. The van der Waals surface area contributed by atoms with Gasteiger partial charge in [0.25, 0.3) is 5.56 Å². The number of rotatable bonds is 13. The van der Waals surface area contributed by atoms with Gasteiger partial charge in [0.15, 0.2) is 17.0 Å². The van der Waals surface area contributed by atoms with E-state index >= 15 is 0 Å². The summed E-state index contributed by atoms with van der Waals surface area (Å²) in [5, 5.41) is 53.5. The maximum atomic E-state index is 12.6. The van der Waals surface area contributed by atoms with Crippen molar-refractivity contribution in [2.24, 2.45) is 0 Å². The van der Waals surface area contributed by atoms with Gasteiger partial charge in [0, 0.05) is 0 Å². The highest BCUT2D eigenvalue weighted by molar-refractivity contribution is 7.61. The van der Waals surface area contributed by atoms with Crippen LogP contribution in [0.4, 0.5) is 5.82 Å². The molecule has 5 aromatic rings. The fourth-order valence-electron chi connectivity index (χ4n) is 6.28. The number of nitrogen functional groups attached to an aromatic ring is 1. The number of aromatic nitrogens is 8. The first kappa shape index (κ1) is 37.2. The molecule has 6 heterocycles. The first-order valence-corrected chi connectivity index (χ1v) is 18.5. The van der Waals surface area contributed by atoms with Gasteiger partial charge in [-0.05, 0) is 37.1 Å². The van der Waals surface area contributed by atoms with Crippen molar-refractivity contribution in [2.45, 2.75) is 62.9 Å². The van der Waals surface area contributed by atoms with Gasteiger partial charge in [-0.2, -0.15) is 9.29 Å². The Morgan fingerprint density at radius 3 is 2.47 bits per heavy atom. The normalized spacial score (nSPS) is 25.4. The van der Waals surface area contributed by atoms with E-state index in [4.69, 9.17) is 10.3 Å². The highest BCUT2D eigenvalue weighted by atomic mass is 31.3. The Labute approximate surface area is 294 Å². The van der Waals surface area contributed by atoms with E-state index in [0.717, 1.165) is 17.5 Å². The smallest absolute Gasteiger partial charge is 0.388 e. The monoisotopic (exact) mass is 785 g/mol. The molecule has 284 valence electrons. The van der Waals surface area contributed by atoms with Gasteiger partial charge in [0.1, 0.15) is 55.2 Å². The van der Waals surface area contributed by atoms with Crippen LogP contribution < -0.4 is 21.5 Å². The van der Waals surface area contributed by atoms with E-state index in [1.807, 2.05) is 0 Å². The van der Waals surface area contributed by atoms with Crippen LogP contribution in [-0.4, -0.2) is 119 Å². The molecule has 11 N–H and O–H groups in total. The summed E-state index contributed by atoms with van der Waals surface area (Å²) in [7, 11) is -10.9. The standard InChI is InChI=1S/C27H31N9O15P2/c1-10-3-12-13(4-11(10)2)35(23-18(32-12)24(41)34-26(42)33-23)5-14(37)19(39)15(38)6-48-52(44,45)50-53(46,47)49-7-16-20(40)27(43)25(51(16)27)36-9-31-17-21(28)29-8-30-22(17)36/h3-4,8-9,14-16,19-20,25,37-40,43H,5-7H2,1-2H3,(H4-,28,29,30,34,41,42,44,45,46,47)/p+2/t14-,15+,16+,19-,20+,25+,27-/m0/s1. The highest BCUT2D eigenvalue weighted by Crippen LogP contribution is 2.68. The Balaban J connectivity index is 0.972. The number of phosphoric ester groups is 2. The zero-order chi connectivity index (χ0) is 38.4. The summed E-state index contributed by atoms with van der Waals surface area (Å²) in [6.07, 6.45) is -7.34. The minimum absolute atomic E-state index is 0.0652. The summed E-state index contributed by atoms with van der Waals surface area (Å²) < 4.78 is 43.7. The molecule has 0 bridgehead atoms. The molecule has 2 unspecified atom stereocenters. The number of hydrogen-bond donors (Lipinski definition) is 10. The number of phosphoric acid groups is 2. The number of anilines is 1. The molecule has 0 amide bonds. The molecule has 0 saturated carbocycles. The lowest BCUT2D eigenvalue weighted by atomic mass is 10.0. The van der Waals surface area contributed by atoms with E-state index in [0.29, 0.717) is 11.0 Å². The van der Waals surface area contributed by atoms with Gasteiger partial charge < -0.3 is 45.4 Å². The van der Waals surface area contributed by atoms with Crippen LogP contribution in [0.3, 0.4) is 0 Å². The quantitative estimate of drug-likeness (QED) is 0.0186. The Kier molecular flexibility index (Phi) is 9.14. The number of aliphatic hydroxyl groups is 5. The predicted molar refractivity (Wildman–Crippen MR) is 175 cm³/mol. The molecule has 26 heteroatoms. The number of nitrogens with zero attached hydrogens (tertiary/aromatic N) is 6. The number of aromatic amines is 2. The number of aliphatic hydroxyl groups excluding tert-OH is 4. The number of fused-ring (bicyclic) bond motifs is 4. The molecule has 0 aliphatic carbocycles. The van der Waals surface area contributed by atoms with Crippen molar-refractivity contribution in [1.82, 2.24) is 34.5 Å². The van der Waals surface area contributed by atoms with Crippen LogP contribution in [0.2, 0.25) is 0 Å². The third-order valence-corrected chi connectivity index (χ3v) is 11.7. The molecule has 9 atom stereocenters. The molecule has 7 rings (SSSR count). The van der Waals surface area contributed by atoms with E-state index in [9.17, 15) is 54.0 Å². The lowest BCUT2D eigenvalue weighted by molar-refractivity contribution is -0.657. The van der Waals surface area contributed by atoms with Crippen molar-refractivity contribution in [1.29, 1.82) is 0 Å². The van der Waals surface area contributed by atoms with Gasteiger partial charge in [0.2, 0.25) is 17.7 Å². The molecule has 24 nitrogen and oxygen atoms in total. The summed E-state index contributed by atoms with van der Waals surface area (Å²) in [5.74, 6) is -1.82. The van der Waals surface area contributed by atoms with Gasteiger partial charge in [-0.1, -0.05) is 0 Å². The van der Waals surface area contributed by atoms with Gasteiger partial charge in [0.05, 0.1) is 6.61 Å². The highest BCUT2D eigenvalue weighted by Gasteiger charge is 2.93. The number of nitrogens with two attached hydrogens (primary N) is 1. The number of H-pyrrole nitrogens is 2. The van der Waals surface area contributed by atoms with Gasteiger partial charge in [-0.25, -0.2) is 43.0 Å². The minimum atomic E-state index is -5.51. The summed E-state index contributed by atoms with van der Waals surface area (Å²) in [5.41, 5.74) is 6.47. The van der Waals surface area contributed by atoms with Crippen molar-refractivity contribution in [2.75, 3.05) is 18.9 Å². The second kappa shape index (κ2) is 13.0. The average Bonchev–Trinajstić information content (AvgIpc) is 3.36. The molecule has 1 aromatic carbocycles. The lowest BCUT2D eigenvalue weighted by Gasteiger charge is -2.29.